The highest BCUT2D eigenvalue weighted by Gasteiger charge is 2.19. The molecule has 0 aliphatic rings. The summed E-state index contributed by atoms with van der Waals surface area (Å²) >= 11 is 0. The molecule has 0 fully saturated rings. The maximum atomic E-state index is 13.0. The maximum absolute atomic E-state index is 13.0. The van der Waals surface area contributed by atoms with Crippen LogP contribution >= 0.6 is 0 Å². The molecule has 2 aromatic carbocycles. The highest BCUT2D eigenvalue weighted by Crippen LogP contribution is 2.25. The smallest absolute Gasteiger partial charge is 0.269 e. The van der Waals surface area contributed by atoms with E-state index in [4.69, 9.17) is 4.42 Å². The molecule has 134 valence electrons. The van der Waals surface area contributed by atoms with Crippen LogP contribution in [0.25, 0.3) is 11.5 Å². The van der Waals surface area contributed by atoms with E-state index in [0.717, 1.165) is 5.56 Å². The molecular weight excluding hydrogens is 339 g/mol. The van der Waals surface area contributed by atoms with Gasteiger partial charge in [0.1, 0.15) is 5.82 Å². The highest BCUT2D eigenvalue weighted by molar-refractivity contribution is 5.55. The van der Waals surface area contributed by atoms with Crippen molar-refractivity contribution in [2.24, 2.45) is 0 Å². The van der Waals surface area contributed by atoms with Gasteiger partial charge in [-0.25, -0.2) is 4.39 Å². The molecule has 1 atom stereocenters. The quantitative estimate of drug-likeness (QED) is 0.491. The first-order valence-corrected chi connectivity index (χ1v) is 7.97. The van der Waals surface area contributed by atoms with Crippen LogP contribution in [0, 0.1) is 15.9 Å². The maximum Gasteiger partial charge on any atom is 0.269 e. The summed E-state index contributed by atoms with van der Waals surface area (Å²) in [6.45, 7) is 2.52. The highest BCUT2D eigenvalue weighted by atomic mass is 19.1. The van der Waals surface area contributed by atoms with Crippen molar-refractivity contribution in [2.75, 3.05) is 7.05 Å². The molecule has 0 saturated carbocycles. The molecule has 1 aromatic heterocycles. The Hall–Kier alpha value is -3.13. The molecule has 0 amide bonds. The molecule has 0 aliphatic heterocycles. The minimum atomic E-state index is -0.463. The average Bonchev–Trinajstić information content (AvgIpc) is 3.13. The second kappa shape index (κ2) is 7.40. The van der Waals surface area contributed by atoms with Gasteiger partial charge in [0.05, 0.1) is 11.0 Å². The van der Waals surface area contributed by atoms with Crippen molar-refractivity contribution in [3.05, 3.63) is 75.9 Å². The average molecular weight is 356 g/mol. The molecule has 1 heterocycles. The summed E-state index contributed by atoms with van der Waals surface area (Å²) < 4.78 is 18.7. The minimum absolute atomic E-state index is 0.000822. The third-order valence-electron chi connectivity index (χ3n) is 4.13. The lowest BCUT2D eigenvalue weighted by Gasteiger charge is -2.21. The Morgan fingerprint density at radius 2 is 1.81 bits per heavy atom. The van der Waals surface area contributed by atoms with E-state index in [2.05, 4.69) is 10.2 Å². The van der Waals surface area contributed by atoms with E-state index in [9.17, 15) is 14.5 Å². The van der Waals surface area contributed by atoms with Crippen molar-refractivity contribution in [3.8, 4) is 11.5 Å². The van der Waals surface area contributed by atoms with Crippen molar-refractivity contribution in [1.29, 1.82) is 0 Å². The standard InChI is InChI=1S/C18H17FN4O3/c1-12(22(2)11-13-3-7-15(19)8-4-13)17-20-21-18(26-17)14-5-9-16(10-6-14)23(24)25/h3-10,12H,11H2,1-2H3/t12-/m0/s1. The van der Waals surface area contributed by atoms with E-state index in [-0.39, 0.29) is 17.5 Å². The second-order valence-electron chi connectivity index (χ2n) is 5.97. The number of nitro benzene ring substituents is 1. The van der Waals surface area contributed by atoms with E-state index in [1.165, 1.54) is 24.3 Å². The first-order chi connectivity index (χ1) is 12.4. The normalized spacial score (nSPS) is 12.3. The van der Waals surface area contributed by atoms with Gasteiger partial charge < -0.3 is 4.42 Å². The summed E-state index contributed by atoms with van der Waals surface area (Å²) in [5.41, 5.74) is 1.58. The van der Waals surface area contributed by atoms with Gasteiger partial charge in [0.25, 0.3) is 5.69 Å². The van der Waals surface area contributed by atoms with Gasteiger partial charge in [-0.15, -0.1) is 10.2 Å². The van der Waals surface area contributed by atoms with Crippen LogP contribution in [0.4, 0.5) is 10.1 Å². The number of nitro groups is 1. The molecule has 0 bridgehead atoms. The molecular formula is C18H17FN4O3. The van der Waals surface area contributed by atoms with Gasteiger partial charge in [-0.2, -0.15) is 0 Å². The first kappa shape index (κ1) is 17.7. The predicted molar refractivity (Wildman–Crippen MR) is 92.7 cm³/mol. The third-order valence-corrected chi connectivity index (χ3v) is 4.13. The molecule has 7 nitrogen and oxygen atoms in total. The summed E-state index contributed by atoms with van der Waals surface area (Å²) in [5, 5.41) is 18.8. The van der Waals surface area contributed by atoms with Gasteiger partial charge in [-0.05, 0) is 43.8 Å². The number of aromatic nitrogens is 2. The van der Waals surface area contributed by atoms with Crippen LogP contribution in [0.3, 0.4) is 0 Å². The molecule has 0 unspecified atom stereocenters. The van der Waals surface area contributed by atoms with Crippen molar-refractivity contribution < 1.29 is 13.7 Å². The lowest BCUT2D eigenvalue weighted by atomic mass is 10.2. The number of benzene rings is 2. The van der Waals surface area contributed by atoms with Crippen LogP contribution in [0.1, 0.15) is 24.4 Å². The van der Waals surface area contributed by atoms with Crippen molar-refractivity contribution >= 4 is 5.69 Å². The SMILES string of the molecule is C[C@@H](c1nnc(-c2ccc([N+](=O)[O-])cc2)o1)N(C)Cc1ccc(F)cc1. The topological polar surface area (TPSA) is 85.3 Å². The Morgan fingerprint density at radius 1 is 1.15 bits per heavy atom. The van der Waals surface area contributed by atoms with Crippen LogP contribution in [0.15, 0.2) is 52.9 Å². The Kier molecular flexibility index (Phi) is 5.04. The van der Waals surface area contributed by atoms with Crippen LogP contribution in [-0.2, 0) is 6.54 Å². The molecule has 8 heteroatoms. The number of non-ortho nitro benzene ring substituents is 1. The van der Waals surface area contributed by atoms with E-state index in [1.54, 1.807) is 24.3 Å². The number of nitrogens with zero attached hydrogens (tertiary/aromatic N) is 4. The Bertz CT molecular complexity index is 894. The molecule has 0 N–H and O–H groups in total. The van der Waals surface area contributed by atoms with Crippen molar-refractivity contribution in [1.82, 2.24) is 15.1 Å². The fourth-order valence-corrected chi connectivity index (χ4v) is 2.45. The van der Waals surface area contributed by atoms with Gasteiger partial charge in [0.15, 0.2) is 0 Å². The summed E-state index contributed by atoms with van der Waals surface area (Å²) in [4.78, 5) is 12.3. The molecule has 3 aromatic rings. The third kappa shape index (κ3) is 3.92. The number of halogens is 1. The number of rotatable bonds is 6. The fourth-order valence-electron chi connectivity index (χ4n) is 2.45. The zero-order valence-electron chi connectivity index (χ0n) is 14.3. The van der Waals surface area contributed by atoms with Gasteiger partial charge in [0, 0.05) is 24.2 Å². The molecule has 0 saturated heterocycles. The van der Waals surface area contributed by atoms with E-state index >= 15 is 0 Å². The molecule has 0 spiro atoms. The van der Waals surface area contributed by atoms with Crippen LogP contribution in [0.2, 0.25) is 0 Å². The minimum Gasteiger partial charge on any atom is -0.419 e. The lowest BCUT2D eigenvalue weighted by molar-refractivity contribution is -0.384. The summed E-state index contributed by atoms with van der Waals surface area (Å²) in [6.07, 6.45) is 0. The van der Waals surface area contributed by atoms with Gasteiger partial charge >= 0.3 is 0 Å². The number of hydrogen-bond donors (Lipinski definition) is 0. The fraction of sp³-hybridized carbons (Fsp3) is 0.222. The van der Waals surface area contributed by atoms with Crippen LogP contribution < -0.4 is 0 Å². The number of hydrogen-bond acceptors (Lipinski definition) is 6. The Morgan fingerprint density at radius 3 is 2.42 bits per heavy atom. The molecule has 26 heavy (non-hydrogen) atoms. The lowest BCUT2D eigenvalue weighted by Crippen LogP contribution is -2.22. The molecule has 0 aliphatic carbocycles. The van der Waals surface area contributed by atoms with Crippen molar-refractivity contribution in [2.45, 2.75) is 19.5 Å². The van der Waals surface area contributed by atoms with Gasteiger partial charge in [-0.1, -0.05) is 12.1 Å². The van der Waals surface area contributed by atoms with Gasteiger partial charge in [0.2, 0.25) is 11.8 Å². The van der Waals surface area contributed by atoms with Crippen LogP contribution in [0.5, 0.6) is 0 Å². The largest absolute Gasteiger partial charge is 0.419 e. The van der Waals surface area contributed by atoms with E-state index in [0.29, 0.717) is 23.9 Å². The van der Waals surface area contributed by atoms with Gasteiger partial charge in [-0.3, -0.25) is 15.0 Å². The zero-order valence-corrected chi connectivity index (χ0v) is 14.3. The Labute approximate surface area is 149 Å². The zero-order chi connectivity index (χ0) is 18.7. The summed E-state index contributed by atoms with van der Waals surface area (Å²) in [5.74, 6) is 0.467. The molecule has 0 radical (unpaired) electrons. The summed E-state index contributed by atoms with van der Waals surface area (Å²) in [6, 6.07) is 12.1. The summed E-state index contributed by atoms with van der Waals surface area (Å²) in [7, 11) is 1.91. The van der Waals surface area contributed by atoms with E-state index < -0.39 is 4.92 Å². The predicted octanol–water partition coefficient (Wildman–Crippen LogP) is 3.98. The van der Waals surface area contributed by atoms with Crippen LogP contribution in [-0.4, -0.2) is 27.1 Å². The second-order valence-corrected chi connectivity index (χ2v) is 5.97. The van der Waals surface area contributed by atoms with Crippen molar-refractivity contribution in [3.63, 3.8) is 0 Å². The monoisotopic (exact) mass is 356 g/mol. The van der Waals surface area contributed by atoms with E-state index in [1.807, 2.05) is 18.9 Å². The first-order valence-electron chi connectivity index (χ1n) is 7.97. The Balaban J connectivity index is 1.71. The molecule has 3 rings (SSSR count).